The lowest BCUT2D eigenvalue weighted by atomic mass is 9.96. The Hall–Kier alpha value is -2.13. The fourth-order valence-corrected chi connectivity index (χ4v) is 3.55. The SMILES string of the molecule is CSCC[C@@H](NC(=O)c1ccc([N+](=O)[O-])cc1Cl)C(=O)O[C@@H]1CCCCC1=O. The monoisotopic (exact) mass is 428 g/mol. The van der Waals surface area contributed by atoms with E-state index < -0.39 is 28.9 Å². The van der Waals surface area contributed by atoms with Crippen molar-refractivity contribution in [2.45, 2.75) is 44.2 Å². The fourth-order valence-electron chi connectivity index (χ4n) is 2.82. The molecule has 2 rings (SSSR count). The average molecular weight is 429 g/mol. The minimum Gasteiger partial charge on any atom is -0.453 e. The number of Topliss-reactive ketones (excluding diaryl/α,β-unsaturated/α-hetero) is 1. The maximum absolute atomic E-state index is 12.5. The van der Waals surface area contributed by atoms with Gasteiger partial charge in [0.1, 0.15) is 6.04 Å². The van der Waals surface area contributed by atoms with Crippen LogP contribution in [0.1, 0.15) is 42.5 Å². The summed E-state index contributed by atoms with van der Waals surface area (Å²) in [5.74, 6) is -0.821. The van der Waals surface area contributed by atoms with Crippen molar-refractivity contribution < 1.29 is 24.0 Å². The molecular weight excluding hydrogens is 408 g/mol. The number of ketones is 1. The van der Waals surface area contributed by atoms with Gasteiger partial charge >= 0.3 is 5.97 Å². The summed E-state index contributed by atoms with van der Waals surface area (Å²) in [6.07, 6.45) is 3.89. The van der Waals surface area contributed by atoms with Gasteiger partial charge in [-0.1, -0.05) is 11.6 Å². The summed E-state index contributed by atoms with van der Waals surface area (Å²) in [6.45, 7) is 0. The maximum Gasteiger partial charge on any atom is 0.329 e. The predicted octanol–water partition coefficient (Wildman–Crippen LogP) is 3.15. The van der Waals surface area contributed by atoms with Gasteiger partial charge in [-0.15, -0.1) is 0 Å². The first-order valence-electron chi connectivity index (χ1n) is 8.80. The van der Waals surface area contributed by atoms with Crippen molar-refractivity contribution in [3.8, 4) is 0 Å². The van der Waals surface area contributed by atoms with E-state index in [0.29, 0.717) is 25.0 Å². The molecule has 152 valence electrons. The summed E-state index contributed by atoms with van der Waals surface area (Å²) < 4.78 is 5.35. The van der Waals surface area contributed by atoms with Gasteiger partial charge in [0.25, 0.3) is 11.6 Å². The Balaban J connectivity index is 2.09. The van der Waals surface area contributed by atoms with Crippen LogP contribution in [0, 0.1) is 10.1 Å². The molecule has 10 heteroatoms. The normalized spacial score (nSPS) is 17.6. The highest BCUT2D eigenvalue weighted by Gasteiger charge is 2.30. The number of hydrogen-bond donors (Lipinski definition) is 1. The van der Waals surface area contributed by atoms with E-state index >= 15 is 0 Å². The van der Waals surface area contributed by atoms with Gasteiger partial charge in [-0.2, -0.15) is 11.8 Å². The van der Waals surface area contributed by atoms with Crippen LogP contribution in [0.3, 0.4) is 0 Å². The summed E-state index contributed by atoms with van der Waals surface area (Å²) in [4.78, 5) is 47.1. The number of hydrogen-bond acceptors (Lipinski definition) is 7. The number of rotatable bonds is 8. The number of carbonyl (C=O) groups excluding carboxylic acids is 3. The van der Waals surface area contributed by atoms with Crippen molar-refractivity contribution in [1.82, 2.24) is 5.32 Å². The smallest absolute Gasteiger partial charge is 0.329 e. The van der Waals surface area contributed by atoms with Crippen molar-refractivity contribution in [3.63, 3.8) is 0 Å². The molecule has 8 nitrogen and oxygen atoms in total. The lowest BCUT2D eigenvalue weighted by Gasteiger charge is -2.24. The minimum atomic E-state index is -0.944. The van der Waals surface area contributed by atoms with Crippen molar-refractivity contribution in [2.75, 3.05) is 12.0 Å². The zero-order valence-corrected chi connectivity index (χ0v) is 16.9. The van der Waals surface area contributed by atoms with Crippen LogP contribution >= 0.6 is 23.4 Å². The number of esters is 1. The quantitative estimate of drug-likeness (QED) is 0.384. The molecule has 28 heavy (non-hydrogen) atoms. The molecule has 0 heterocycles. The molecule has 1 amide bonds. The van der Waals surface area contributed by atoms with Crippen LogP contribution in [0.2, 0.25) is 5.02 Å². The Labute approximate surface area is 171 Å². The summed E-state index contributed by atoms with van der Waals surface area (Å²) in [5, 5.41) is 13.3. The highest BCUT2D eigenvalue weighted by atomic mass is 35.5. The van der Waals surface area contributed by atoms with Crippen LogP contribution in [0.4, 0.5) is 5.69 Å². The Morgan fingerprint density at radius 2 is 2.18 bits per heavy atom. The molecule has 0 radical (unpaired) electrons. The Morgan fingerprint density at radius 1 is 1.43 bits per heavy atom. The number of non-ortho nitro benzene ring substituents is 1. The second-order valence-corrected chi connectivity index (χ2v) is 7.76. The first-order chi connectivity index (χ1) is 13.3. The Kier molecular flexibility index (Phi) is 8.25. The molecule has 1 aromatic carbocycles. The number of amides is 1. The lowest BCUT2D eigenvalue weighted by molar-refractivity contribution is -0.384. The molecule has 1 fully saturated rings. The van der Waals surface area contributed by atoms with Gasteiger partial charge in [0.15, 0.2) is 11.9 Å². The second kappa shape index (κ2) is 10.4. The Morgan fingerprint density at radius 3 is 2.79 bits per heavy atom. The number of ether oxygens (including phenoxy) is 1. The first-order valence-corrected chi connectivity index (χ1v) is 10.6. The maximum atomic E-state index is 12.5. The van der Waals surface area contributed by atoms with E-state index in [4.69, 9.17) is 16.3 Å². The van der Waals surface area contributed by atoms with E-state index in [0.717, 1.165) is 25.0 Å². The largest absolute Gasteiger partial charge is 0.453 e. The van der Waals surface area contributed by atoms with Gasteiger partial charge in [0.05, 0.1) is 15.5 Å². The average Bonchev–Trinajstić information content (AvgIpc) is 2.66. The van der Waals surface area contributed by atoms with Crippen molar-refractivity contribution in [3.05, 3.63) is 38.9 Å². The summed E-state index contributed by atoms with van der Waals surface area (Å²) in [5.41, 5.74) is -0.223. The number of nitrogens with one attached hydrogen (secondary N) is 1. The first kappa shape index (κ1) is 22.2. The van der Waals surface area contributed by atoms with Crippen molar-refractivity contribution in [1.29, 1.82) is 0 Å². The topological polar surface area (TPSA) is 116 Å². The number of benzene rings is 1. The molecule has 0 aromatic heterocycles. The molecule has 0 saturated heterocycles. The number of nitro benzene ring substituents is 1. The van der Waals surface area contributed by atoms with Gasteiger partial charge in [-0.3, -0.25) is 19.7 Å². The molecule has 1 aliphatic rings. The van der Waals surface area contributed by atoms with Crippen LogP contribution in [0.15, 0.2) is 18.2 Å². The van der Waals surface area contributed by atoms with Crippen molar-refractivity contribution in [2.24, 2.45) is 0 Å². The number of halogens is 1. The molecule has 0 aliphatic heterocycles. The third-order valence-electron chi connectivity index (χ3n) is 4.37. The zero-order chi connectivity index (χ0) is 20.7. The molecule has 1 N–H and O–H groups in total. The summed E-state index contributed by atoms with van der Waals surface area (Å²) in [7, 11) is 0. The lowest BCUT2D eigenvalue weighted by Crippen LogP contribution is -2.44. The van der Waals surface area contributed by atoms with E-state index in [9.17, 15) is 24.5 Å². The van der Waals surface area contributed by atoms with Crippen molar-refractivity contribution >= 4 is 46.7 Å². The van der Waals surface area contributed by atoms with E-state index in [2.05, 4.69) is 5.32 Å². The third kappa shape index (κ3) is 5.93. The number of thioether (sulfide) groups is 1. The number of nitro groups is 1. The summed E-state index contributed by atoms with van der Waals surface area (Å²) >= 11 is 7.48. The highest BCUT2D eigenvalue weighted by Crippen LogP contribution is 2.23. The van der Waals surface area contributed by atoms with E-state index in [1.165, 1.54) is 17.8 Å². The van der Waals surface area contributed by atoms with Crippen LogP contribution in [-0.4, -0.2) is 46.7 Å². The highest BCUT2D eigenvalue weighted by molar-refractivity contribution is 7.98. The summed E-state index contributed by atoms with van der Waals surface area (Å²) in [6, 6.07) is 2.53. The van der Waals surface area contributed by atoms with E-state index in [1.54, 1.807) is 0 Å². The van der Waals surface area contributed by atoms with Gasteiger partial charge in [-0.25, -0.2) is 4.79 Å². The Bertz CT molecular complexity index is 772. The molecule has 0 bridgehead atoms. The molecule has 0 unspecified atom stereocenters. The predicted molar refractivity (Wildman–Crippen MR) is 106 cm³/mol. The molecule has 2 atom stereocenters. The number of carbonyl (C=O) groups is 3. The fraction of sp³-hybridized carbons (Fsp3) is 0.500. The van der Waals surface area contributed by atoms with E-state index in [-0.39, 0.29) is 22.1 Å². The third-order valence-corrected chi connectivity index (χ3v) is 5.32. The number of nitrogens with zero attached hydrogens (tertiary/aromatic N) is 1. The van der Waals surface area contributed by atoms with Gasteiger partial charge in [0.2, 0.25) is 0 Å². The second-order valence-electron chi connectivity index (χ2n) is 6.37. The standard InChI is InChI=1S/C18H21ClN2O6S/c1-28-9-8-14(18(24)27-16-5-3-2-4-15(16)22)20-17(23)12-7-6-11(21(25)26)10-13(12)19/h6-7,10,14,16H,2-5,8-9H2,1H3,(H,20,23)/t14-,16-/m1/s1. The molecule has 1 aliphatic carbocycles. The van der Waals surface area contributed by atoms with Crippen LogP contribution < -0.4 is 5.32 Å². The van der Waals surface area contributed by atoms with Gasteiger partial charge < -0.3 is 10.1 Å². The zero-order valence-electron chi connectivity index (χ0n) is 15.3. The molecule has 0 spiro atoms. The molecule has 1 saturated carbocycles. The minimum absolute atomic E-state index is 0.0166. The van der Waals surface area contributed by atoms with Gasteiger partial charge in [-0.05, 0) is 43.8 Å². The molecule has 1 aromatic rings. The van der Waals surface area contributed by atoms with Crippen LogP contribution in [0.5, 0.6) is 0 Å². The van der Waals surface area contributed by atoms with Crippen LogP contribution in [0.25, 0.3) is 0 Å². The van der Waals surface area contributed by atoms with Gasteiger partial charge in [0, 0.05) is 18.6 Å². The van der Waals surface area contributed by atoms with E-state index in [1.807, 2.05) is 6.26 Å². The van der Waals surface area contributed by atoms with Crippen LogP contribution in [-0.2, 0) is 14.3 Å². The molecular formula is C18H21ClN2O6S.